The van der Waals surface area contributed by atoms with Gasteiger partial charge in [0.05, 0.1) is 13.3 Å². The molecule has 0 aromatic rings. The van der Waals surface area contributed by atoms with Crippen LogP contribution in [-0.4, -0.2) is 44.4 Å². The van der Waals surface area contributed by atoms with Gasteiger partial charge in [-0.05, 0) is 56.5 Å². The summed E-state index contributed by atoms with van der Waals surface area (Å²) < 4.78 is 5.79. The summed E-state index contributed by atoms with van der Waals surface area (Å²) in [6.45, 7) is 11.2. The number of nitrogens with one attached hydrogen (secondary N) is 1. The molecule has 1 atom stereocenters. The maximum atomic E-state index is 5.79. The van der Waals surface area contributed by atoms with Crippen LogP contribution < -0.4 is 5.32 Å². The standard InChI is InChI=1S/C15H30N2O/c1-13(2)8-16-9-15-4-3-7-17(10-15)12-18-11-14-5-6-14/h13-16H,3-12H2,1-2H3. The van der Waals surface area contributed by atoms with Crippen molar-refractivity contribution in [1.82, 2.24) is 10.2 Å². The van der Waals surface area contributed by atoms with Crippen molar-refractivity contribution in [3.05, 3.63) is 0 Å². The van der Waals surface area contributed by atoms with Crippen LogP contribution in [0.1, 0.15) is 39.5 Å². The molecule has 0 radical (unpaired) electrons. The van der Waals surface area contributed by atoms with E-state index >= 15 is 0 Å². The Balaban J connectivity index is 1.55. The third-order valence-corrected chi connectivity index (χ3v) is 3.91. The van der Waals surface area contributed by atoms with E-state index in [0.29, 0.717) is 0 Å². The smallest absolute Gasteiger partial charge is 0.0990 e. The van der Waals surface area contributed by atoms with Crippen molar-refractivity contribution < 1.29 is 4.74 Å². The minimum absolute atomic E-state index is 0.756. The molecular weight excluding hydrogens is 224 g/mol. The fraction of sp³-hybridized carbons (Fsp3) is 1.00. The first-order valence-electron chi connectivity index (χ1n) is 7.75. The van der Waals surface area contributed by atoms with Crippen LogP contribution in [0.25, 0.3) is 0 Å². The molecule has 3 nitrogen and oxygen atoms in total. The average molecular weight is 254 g/mol. The second-order valence-electron chi connectivity index (χ2n) is 6.58. The average Bonchev–Trinajstić information content (AvgIpc) is 3.13. The van der Waals surface area contributed by atoms with E-state index in [4.69, 9.17) is 4.74 Å². The zero-order valence-corrected chi connectivity index (χ0v) is 12.2. The maximum absolute atomic E-state index is 5.79. The number of rotatable bonds is 8. The molecule has 2 aliphatic rings. The lowest BCUT2D eigenvalue weighted by Crippen LogP contribution is -2.41. The lowest BCUT2D eigenvalue weighted by molar-refractivity contribution is 0.00239. The van der Waals surface area contributed by atoms with E-state index in [9.17, 15) is 0 Å². The first-order valence-corrected chi connectivity index (χ1v) is 7.75. The van der Waals surface area contributed by atoms with E-state index in [1.165, 1.54) is 45.3 Å². The quantitative estimate of drug-likeness (QED) is 0.719. The molecule has 1 heterocycles. The molecule has 1 aliphatic heterocycles. The first kappa shape index (κ1) is 14.3. The molecule has 1 aliphatic carbocycles. The molecule has 2 rings (SSSR count). The van der Waals surface area contributed by atoms with Gasteiger partial charge < -0.3 is 10.1 Å². The van der Waals surface area contributed by atoms with E-state index in [2.05, 4.69) is 24.1 Å². The number of piperidine rings is 1. The van der Waals surface area contributed by atoms with Gasteiger partial charge in [0.15, 0.2) is 0 Å². The summed E-state index contributed by atoms with van der Waals surface area (Å²) in [5, 5.41) is 3.59. The van der Waals surface area contributed by atoms with E-state index < -0.39 is 0 Å². The highest BCUT2D eigenvalue weighted by Crippen LogP contribution is 2.28. The van der Waals surface area contributed by atoms with Crippen molar-refractivity contribution in [2.75, 3.05) is 39.5 Å². The Kier molecular flexibility index (Phi) is 5.93. The molecular formula is C15H30N2O. The van der Waals surface area contributed by atoms with Gasteiger partial charge in [0.25, 0.3) is 0 Å². The Labute approximate surface area is 112 Å². The molecule has 0 bridgehead atoms. The van der Waals surface area contributed by atoms with Gasteiger partial charge in [0, 0.05) is 13.1 Å². The lowest BCUT2D eigenvalue weighted by atomic mass is 9.98. The second-order valence-corrected chi connectivity index (χ2v) is 6.58. The number of likely N-dealkylation sites (tertiary alicyclic amines) is 1. The van der Waals surface area contributed by atoms with Gasteiger partial charge in [-0.15, -0.1) is 0 Å². The van der Waals surface area contributed by atoms with Gasteiger partial charge in [0.2, 0.25) is 0 Å². The molecule has 0 spiro atoms. The van der Waals surface area contributed by atoms with Crippen molar-refractivity contribution in [3.8, 4) is 0 Å². The van der Waals surface area contributed by atoms with Gasteiger partial charge in [-0.1, -0.05) is 13.8 Å². The Morgan fingerprint density at radius 3 is 2.78 bits per heavy atom. The first-order chi connectivity index (χ1) is 8.74. The normalized spacial score (nSPS) is 25.8. The zero-order valence-electron chi connectivity index (χ0n) is 12.2. The molecule has 0 aromatic heterocycles. The minimum atomic E-state index is 0.756. The summed E-state index contributed by atoms with van der Waals surface area (Å²) in [6.07, 6.45) is 5.49. The van der Waals surface area contributed by atoms with E-state index in [1.54, 1.807) is 0 Å². The van der Waals surface area contributed by atoms with Crippen LogP contribution in [0.5, 0.6) is 0 Å². The topological polar surface area (TPSA) is 24.5 Å². The Morgan fingerprint density at radius 2 is 2.06 bits per heavy atom. The fourth-order valence-corrected chi connectivity index (χ4v) is 2.64. The van der Waals surface area contributed by atoms with Crippen molar-refractivity contribution in [2.45, 2.75) is 39.5 Å². The molecule has 3 heteroatoms. The summed E-state index contributed by atoms with van der Waals surface area (Å²) in [6, 6.07) is 0. The SMILES string of the molecule is CC(C)CNCC1CCCN(COCC2CC2)C1. The predicted octanol–water partition coefficient (Wildman–Crippen LogP) is 2.33. The second kappa shape index (κ2) is 7.46. The van der Waals surface area contributed by atoms with Gasteiger partial charge in [0.1, 0.15) is 0 Å². The van der Waals surface area contributed by atoms with Crippen LogP contribution in [0.3, 0.4) is 0 Å². The van der Waals surface area contributed by atoms with Crippen molar-refractivity contribution in [3.63, 3.8) is 0 Å². The lowest BCUT2D eigenvalue weighted by Gasteiger charge is -2.32. The molecule has 1 saturated heterocycles. The summed E-state index contributed by atoms with van der Waals surface area (Å²) in [4.78, 5) is 2.49. The van der Waals surface area contributed by atoms with Gasteiger partial charge in [-0.2, -0.15) is 0 Å². The van der Waals surface area contributed by atoms with E-state index in [1.807, 2.05) is 0 Å². The van der Waals surface area contributed by atoms with Crippen LogP contribution in [0.2, 0.25) is 0 Å². The minimum Gasteiger partial charge on any atom is -0.366 e. The van der Waals surface area contributed by atoms with Crippen LogP contribution in [0, 0.1) is 17.8 Å². The predicted molar refractivity (Wildman–Crippen MR) is 75.5 cm³/mol. The number of hydrogen-bond acceptors (Lipinski definition) is 3. The highest BCUT2D eigenvalue weighted by Gasteiger charge is 2.23. The largest absolute Gasteiger partial charge is 0.366 e. The van der Waals surface area contributed by atoms with E-state index in [-0.39, 0.29) is 0 Å². The fourth-order valence-electron chi connectivity index (χ4n) is 2.64. The van der Waals surface area contributed by atoms with Crippen molar-refractivity contribution >= 4 is 0 Å². The molecule has 1 N–H and O–H groups in total. The molecule has 18 heavy (non-hydrogen) atoms. The third kappa shape index (κ3) is 5.68. The summed E-state index contributed by atoms with van der Waals surface area (Å²) in [7, 11) is 0. The molecule has 1 saturated carbocycles. The Hall–Kier alpha value is -0.120. The van der Waals surface area contributed by atoms with Crippen LogP contribution in [-0.2, 0) is 4.74 Å². The van der Waals surface area contributed by atoms with Crippen LogP contribution in [0.4, 0.5) is 0 Å². The Morgan fingerprint density at radius 1 is 1.22 bits per heavy atom. The molecule has 106 valence electrons. The van der Waals surface area contributed by atoms with Crippen molar-refractivity contribution in [2.24, 2.45) is 17.8 Å². The van der Waals surface area contributed by atoms with E-state index in [0.717, 1.165) is 37.6 Å². The van der Waals surface area contributed by atoms with Gasteiger partial charge in [-0.3, -0.25) is 4.90 Å². The molecule has 2 fully saturated rings. The highest BCUT2D eigenvalue weighted by atomic mass is 16.5. The summed E-state index contributed by atoms with van der Waals surface area (Å²) in [5.74, 6) is 2.46. The highest BCUT2D eigenvalue weighted by molar-refractivity contribution is 4.75. The zero-order chi connectivity index (χ0) is 12.8. The van der Waals surface area contributed by atoms with Crippen molar-refractivity contribution in [1.29, 1.82) is 0 Å². The van der Waals surface area contributed by atoms with Crippen LogP contribution >= 0.6 is 0 Å². The Bertz CT molecular complexity index is 215. The third-order valence-electron chi connectivity index (χ3n) is 3.91. The number of ether oxygens (including phenoxy) is 1. The monoisotopic (exact) mass is 254 g/mol. The number of nitrogens with zero attached hydrogens (tertiary/aromatic N) is 1. The molecule has 0 aromatic carbocycles. The molecule has 0 amide bonds. The maximum Gasteiger partial charge on any atom is 0.0990 e. The van der Waals surface area contributed by atoms with Gasteiger partial charge in [-0.25, -0.2) is 0 Å². The van der Waals surface area contributed by atoms with Gasteiger partial charge >= 0.3 is 0 Å². The summed E-state index contributed by atoms with van der Waals surface area (Å²) in [5.41, 5.74) is 0. The molecule has 1 unspecified atom stereocenters. The van der Waals surface area contributed by atoms with Crippen LogP contribution in [0.15, 0.2) is 0 Å². The number of hydrogen-bond donors (Lipinski definition) is 1. The summed E-state index contributed by atoms with van der Waals surface area (Å²) >= 11 is 0.